The molecule has 0 radical (unpaired) electrons. The van der Waals surface area contributed by atoms with E-state index in [2.05, 4.69) is 0 Å². The van der Waals surface area contributed by atoms with Crippen LogP contribution in [0, 0.1) is 5.82 Å². The normalized spacial score (nSPS) is 11.5. The second kappa shape index (κ2) is 4.15. The first-order chi connectivity index (χ1) is 6.44. The monoisotopic (exact) mass is 217 g/mol. The van der Waals surface area contributed by atoms with Crippen LogP contribution in [0.25, 0.3) is 0 Å². The molecule has 0 aromatic heterocycles. The lowest BCUT2D eigenvalue weighted by Gasteiger charge is -2.24. The molecule has 0 spiro atoms. The van der Waals surface area contributed by atoms with E-state index in [0.29, 0.717) is 12.3 Å². The maximum absolute atomic E-state index is 12.8. The molecule has 2 nitrogen and oxygen atoms in total. The molecule has 1 rings (SSSR count). The zero-order valence-electron chi connectivity index (χ0n) is 8.18. The van der Waals surface area contributed by atoms with Crippen LogP contribution in [0.4, 0.5) is 4.39 Å². The minimum Gasteiger partial charge on any atom is -0.486 e. The maximum atomic E-state index is 12.8. The van der Waals surface area contributed by atoms with Gasteiger partial charge in [0.2, 0.25) is 0 Å². The lowest BCUT2D eigenvalue weighted by molar-refractivity contribution is 0.118. The summed E-state index contributed by atoms with van der Waals surface area (Å²) in [5, 5.41) is 0.0512. The van der Waals surface area contributed by atoms with E-state index in [4.69, 9.17) is 22.1 Å². The summed E-state index contributed by atoms with van der Waals surface area (Å²) in [5.74, 6) is 0.0661. The van der Waals surface area contributed by atoms with Gasteiger partial charge >= 0.3 is 0 Å². The van der Waals surface area contributed by atoms with Crippen molar-refractivity contribution in [3.05, 3.63) is 29.0 Å². The Morgan fingerprint density at radius 2 is 2.14 bits per heavy atom. The summed E-state index contributed by atoms with van der Waals surface area (Å²) in [5.41, 5.74) is 5.02. The van der Waals surface area contributed by atoms with Crippen molar-refractivity contribution < 1.29 is 9.13 Å². The third-order valence-electron chi connectivity index (χ3n) is 1.78. The number of nitrogens with two attached hydrogens (primary N) is 1. The molecule has 0 aliphatic rings. The van der Waals surface area contributed by atoms with Gasteiger partial charge in [0.15, 0.2) is 0 Å². The highest BCUT2D eigenvalue weighted by molar-refractivity contribution is 6.30. The van der Waals surface area contributed by atoms with Gasteiger partial charge in [0.05, 0.1) is 5.02 Å². The molecule has 0 aliphatic heterocycles. The third-order valence-corrected chi connectivity index (χ3v) is 2.07. The predicted molar refractivity (Wildman–Crippen MR) is 55.2 cm³/mol. The molecule has 1 aromatic carbocycles. The minimum atomic E-state index is -0.471. The van der Waals surface area contributed by atoms with Gasteiger partial charge in [-0.1, -0.05) is 11.6 Å². The summed E-state index contributed by atoms with van der Waals surface area (Å²) in [7, 11) is 0. The Morgan fingerprint density at radius 3 is 2.64 bits per heavy atom. The van der Waals surface area contributed by atoms with E-state index in [0.717, 1.165) is 0 Å². The van der Waals surface area contributed by atoms with E-state index in [1.807, 2.05) is 13.8 Å². The van der Waals surface area contributed by atoms with Gasteiger partial charge in [-0.2, -0.15) is 0 Å². The number of halogens is 2. The number of ether oxygens (including phenoxy) is 1. The van der Waals surface area contributed by atoms with Crippen LogP contribution in [0.5, 0.6) is 5.75 Å². The average Bonchev–Trinajstić information content (AvgIpc) is 2.11. The second-order valence-corrected chi connectivity index (χ2v) is 4.05. The largest absolute Gasteiger partial charge is 0.486 e. The standard InChI is InChI=1S/C10H13ClFNO/c1-10(2,6-13)14-7-3-4-9(12)8(11)5-7/h3-5H,6,13H2,1-2H3. The Labute approximate surface area is 87.8 Å². The van der Waals surface area contributed by atoms with E-state index < -0.39 is 11.4 Å². The Morgan fingerprint density at radius 1 is 1.50 bits per heavy atom. The van der Waals surface area contributed by atoms with E-state index in [1.54, 1.807) is 0 Å². The summed E-state index contributed by atoms with van der Waals surface area (Å²) >= 11 is 5.60. The number of hydrogen-bond donors (Lipinski definition) is 1. The molecule has 1 aromatic rings. The molecule has 2 N–H and O–H groups in total. The van der Waals surface area contributed by atoms with Gasteiger partial charge in [-0.25, -0.2) is 4.39 Å². The topological polar surface area (TPSA) is 35.2 Å². The van der Waals surface area contributed by atoms with Crippen molar-refractivity contribution in [1.82, 2.24) is 0 Å². The Hall–Kier alpha value is -0.800. The zero-order valence-corrected chi connectivity index (χ0v) is 8.94. The van der Waals surface area contributed by atoms with Crippen LogP contribution in [-0.4, -0.2) is 12.1 Å². The lowest BCUT2D eigenvalue weighted by atomic mass is 10.1. The molecule has 0 atom stereocenters. The molecule has 0 amide bonds. The van der Waals surface area contributed by atoms with Crippen molar-refractivity contribution in [3.8, 4) is 5.75 Å². The quantitative estimate of drug-likeness (QED) is 0.845. The second-order valence-electron chi connectivity index (χ2n) is 3.64. The van der Waals surface area contributed by atoms with Crippen LogP contribution >= 0.6 is 11.6 Å². The molecule has 14 heavy (non-hydrogen) atoms. The molecule has 78 valence electrons. The van der Waals surface area contributed by atoms with Crippen LogP contribution in [0.1, 0.15) is 13.8 Å². The summed E-state index contributed by atoms with van der Waals surface area (Å²) in [4.78, 5) is 0. The summed E-state index contributed by atoms with van der Waals surface area (Å²) < 4.78 is 18.3. The molecule has 0 saturated heterocycles. The molecule has 0 aliphatic carbocycles. The average molecular weight is 218 g/mol. The number of benzene rings is 1. The summed E-state index contributed by atoms with van der Waals surface area (Å²) in [6.07, 6.45) is 0. The van der Waals surface area contributed by atoms with Crippen LogP contribution < -0.4 is 10.5 Å². The van der Waals surface area contributed by atoms with Crippen molar-refractivity contribution in [1.29, 1.82) is 0 Å². The first-order valence-corrected chi connectivity index (χ1v) is 4.66. The highest BCUT2D eigenvalue weighted by Crippen LogP contribution is 2.24. The van der Waals surface area contributed by atoms with Crippen LogP contribution in [0.3, 0.4) is 0 Å². The predicted octanol–water partition coefficient (Wildman–Crippen LogP) is 2.60. The molecular weight excluding hydrogens is 205 g/mol. The van der Waals surface area contributed by atoms with Crippen molar-refractivity contribution >= 4 is 11.6 Å². The van der Waals surface area contributed by atoms with Gasteiger partial charge in [0.1, 0.15) is 17.2 Å². The molecule has 0 bridgehead atoms. The van der Waals surface area contributed by atoms with E-state index in [-0.39, 0.29) is 5.02 Å². The minimum absolute atomic E-state index is 0.0512. The van der Waals surface area contributed by atoms with Gasteiger partial charge in [-0.3, -0.25) is 0 Å². The summed E-state index contributed by atoms with van der Waals surface area (Å²) in [6.45, 7) is 4.08. The Kier molecular flexibility index (Phi) is 3.34. The fraction of sp³-hybridized carbons (Fsp3) is 0.400. The fourth-order valence-electron chi connectivity index (χ4n) is 0.901. The molecule has 0 saturated carbocycles. The van der Waals surface area contributed by atoms with Crippen LogP contribution in [0.2, 0.25) is 5.02 Å². The van der Waals surface area contributed by atoms with Crippen molar-refractivity contribution in [2.24, 2.45) is 5.73 Å². The van der Waals surface area contributed by atoms with Gasteiger partial charge in [0.25, 0.3) is 0 Å². The lowest BCUT2D eigenvalue weighted by Crippen LogP contribution is -2.37. The zero-order chi connectivity index (χ0) is 10.8. The van der Waals surface area contributed by atoms with E-state index in [9.17, 15) is 4.39 Å². The van der Waals surface area contributed by atoms with E-state index in [1.165, 1.54) is 18.2 Å². The van der Waals surface area contributed by atoms with Gasteiger partial charge < -0.3 is 10.5 Å². The van der Waals surface area contributed by atoms with Crippen LogP contribution in [-0.2, 0) is 0 Å². The van der Waals surface area contributed by atoms with Crippen molar-refractivity contribution in [3.63, 3.8) is 0 Å². The number of rotatable bonds is 3. The number of hydrogen-bond acceptors (Lipinski definition) is 2. The molecule has 0 heterocycles. The Bertz CT molecular complexity index is 328. The first kappa shape index (κ1) is 11.3. The first-order valence-electron chi connectivity index (χ1n) is 4.29. The third kappa shape index (κ3) is 2.86. The molecule has 0 unspecified atom stereocenters. The highest BCUT2D eigenvalue weighted by atomic mass is 35.5. The smallest absolute Gasteiger partial charge is 0.142 e. The van der Waals surface area contributed by atoms with Crippen LogP contribution in [0.15, 0.2) is 18.2 Å². The van der Waals surface area contributed by atoms with Crippen molar-refractivity contribution in [2.45, 2.75) is 19.4 Å². The van der Waals surface area contributed by atoms with Gasteiger partial charge in [-0.15, -0.1) is 0 Å². The summed E-state index contributed by atoms with van der Waals surface area (Å²) in [6, 6.07) is 4.23. The fourth-order valence-corrected chi connectivity index (χ4v) is 1.07. The molecule has 0 fully saturated rings. The SMILES string of the molecule is CC(C)(CN)Oc1ccc(F)c(Cl)c1. The highest BCUT2D eigenvalue weighted by Gasteiger charge is 2.17. The Balaban J connectivity index is 2.83. The van der Waals surface area contributed by atoms with E-state index >= 15 is 0 Å². The molecule has 4 heteroatoms. The van der Waals surface area contributed by atoms with Gasteiger partial charge in [0, 0.05) is 12.6 Å². The van der Waals surface area contributed by atoms with Gasteiger partial charge in [-0.05, 0) is 26.0 Å². The maximum Gasteiger partial charge on any atom is 0.142 e. The van der Waals surface area contributed by atoms with Crippen molar-refractivity contribution in [2.75, 3.05) is 6.54 Å². The molecular formula is C10H13ClFNO.